The lowest BCUT2D eigenvalue weighted by Gasteiger charge is -2.34. The molecule has 0 saturated carbocycles. The molecule has 0 N–H and O–H groups in total. The Balaban J connectivity index is 1.07. The molecule has 0 spiro atoms. The van der Waals surface area contributed by atoms with Crippen molar-refractivity contribution in [3.05, 3.63) is 247 Å². The van der Waals surface area contributed by atoms with Crippen LogP contribution in [0.15, 0.2) is 229 Å². The Labute approximate surface area is 369 Å². The van der Waals surface area contributed by atoms with Gasteiger partial charge in [-0.15, -0.1) is 0 Å². The maximum Gasteiger partial charge on any atom is 0.167 e. The zero-order valence-corrected chi connectivity index (χ0v) is 34.6. The molecule has 1 aliphatic rings. The van der Waals surface area contributed by atoms with Crippen LogP contribution in [0.1, 0.15) is 22.3 Å². The molecule has 10 aromatic carbocycles. The van der Waals surface area contributed by atoms with Gasteiger partial charge in [0, 0.05) is 21.9 Å². The number of furan rings is 1. The van der Waals surface area contributed by atoms with Gasteiger partial charge in [-0.05, 0) is 90.3 Å². The topological polar surface area (TPSA) is 51.8 Å². The summed E-state index contributed by atoms with van der Waals surface area (Å²) < 4.78 is 6.62. The monoisotopic (exact) mass is 815 g/mol. The number of hydrogen-bond acceptors (Lipinski definition) is 4. The van der Waals surface area contributed by atoms with Crippen molar-refractivity contribution >= 4 is 43.5 Å². The van der Waals surface area contributed by atoms with Crippen molar-refractivity contribution in [3.63, 3.8) is 0 Å². The van der Waals surface area contributed by atoms with E-state index in [-0.39, 0.29) is 0 Å². The zero-order valence-electron chi connectivity index (χ0n) is 34.6. The van der Waals surface area contributed by atoms with Crippen LogP contribution in [-0.4, -0.2) is 15.0 Å². The summed E-state index contributed by atoms with van der Waals surface area (Å²) in [7, 11) is 0. The van der Waals surface area contributed by atoms with E-state index in [9.17, 15) is 0 Å². The second-order valence-electron chi connectivity index (χ2n) is 16.6. The largest absolute Gasteiger partial charge is 0.455 e. The molecule has 0 aliphatic heterocycles. The molecule has 0 bridgehead atoms. The molecule has 2 heterocycles. The molecule has 0 atom stereocenters. The van der Waals surface area contributed by atoms with Gasteiger partial charge in [-0.2, -0.15) is 0 Å². The highest BCUT2D eigenvalue weighted by molar-refractivity contribution is 6.10. The van der Waals surface area contributed by atoms with Gasteiger partial charge < -0.3 is 4.42 Å². The summed E-state index contributed by atoms with van der Waals surface area (Å²) in [5.74, 6) is 1.73. The summed E-state index contributed by atoms with van der Waals surface area (Å²) >= 11 is 0. The summed E-state index contributed by atoms with van der Waals surface area (Å²) in [6, 6.07) is 79.9. The number of para-hydroxylation sites is 2. The summed E-state index contributed by atoms with van der Waals surface area (Å²) in [6.45, 7) is 0. The van der Waals surface area contributed by atoms with E-state index in [2.05, 4.69) is 206 Å². The Morgan fingerprint density at radius 3 is 1.61 bits per heavy atom. The average Bonchev–Trinajstić information content (AvgIpc) is 3.90. The van der Waals surface area contributed by atoms with Crippen molar-refractivity contribution in [1.29, 1.82) is 0 Å². The summed E-state index contributed by atoms with van der Waals surface area (Å²) in [5, 5.41) is 6.69. The molecular weight excluding hydrogens is 779 g/mol. The fraction of sp³-hybridized carbons (Fsp3) is 0.0167. The molecule has 1 aliphatic carbocycles. The van der Waals surface area contributed by atoms with E-state index in [4.69, 9.17) is 19.4 Å². The normalized spacial score (nSPS) is 12.8. The van der Waals surface area contributed by atoms with Crippen LogP contribution in [0.5, 0.6) is 0 Å². The molecule has 4 nitrogen and oxygen atoms in total. The summed E-state index contributed by atoms with van der Waals surface area (Å²) in [6.07, 6.45) is 0. The van der Waals surface area contributed by atoms with Crippen molar-refractivity contribution in [2.75, 3.05) is 0 Å². The van der Waals surface area contributed by atoms with Crippen LogP contribution in [0.25, 0.3) is 99.9 Å². The fourth-order valence-corrected chi connectivity index (χ4v) is 10.4. The van der Waals surface area contributed by atoms with Crippen molar-refractivity contribution in [2.24, 2.45) is 0 Å². The predicted molar refractivity (Wildman–Crippen MR) is 261 cm³/mol. The number of aromatic nitrogens is 3. The first-order valence-corrected chi connectivity index (χ1v) is 21.8. The molecule has 4 heteroatoms. The molecule has 12 aromatic rings. The summed E-state index contributed by atoms with van der Waals surface area (Å²) in [5.41, 5.74) is 13.3. The number of benzene rings is 10. The third-order valence-electron chi connectivity index (χ3n) is 13.2. The first kappa shape index (κ1) is 36.2. The number of hydrogen-bond donors (Lipinski definition) is 0. The van der Waals surface area contributed by atoms with Crippen molar-refractivity contribution in [2.45, 2.75) is 5.41 Å². The van der Waals surface area contributed by atoms with E-state index in [1.54, 1.807) is 0 Å². The Morgan fingerprint density at radius 2 is 0.812 bits per heavy atom. The molecule has 0 radical (unpaired) electrons. The van der Waals surface area contributed by atoms with Crippen LogP contribution >= 0.6 is 0 Å². The van der Waals surface area contributed by atoms with Gasteiger partial charge in [-0.1, -0.05) is 200 Å². The molecule has 0 amide bonds. The molecule has 0 unspecified atom stereocenters. The molecule has 2 aromatic heterocycles. The first-order valence-electron chi connectivity index (χ1n) is 21.8. The van der Waals surface area contributed by atoms with Gasteiger partial charge in [-0.3, -0.25) is 0 Å². The lowest BCUT2D eigenvalue weighted by molar-refractivity contribution is 0.669. The minimum atomic E-state index is -0.573. The molecule has 0 fully saturated rings. The highest BCUT2D eigenvalue weighted by Gasteiger charge is 2.46. The van der Waals surface area contributed by atoms with Crippen molar-refractivity contribution < 1.29 is 4.42 Å². The number of nitrogens with zero attached hydrogens (tertiary/aromatic N) is 3. The Kier molecular flexibility index (Phi) is 8.09. The highest BCUT2D eigenvalue weighted by Crippen LogP contribution is 2.56. The third-order valence-corrected chi connectivity index (χ3v) is 13.2. The molecule has 64 heavy (non-hydrogen) atoms. The average molecular weight is 816 g/mol. The number of fused-ring (bicyclic) bond motifs is 8. The fourth-order valence-electron chi connectivity index (χ4n) is 10.4. The van der Waals surface area contributed by atoms with Gasteiger partial charge in [0.1, 0.15) is 11.2 Å². The van der Waals surface area contributed by atoms with Crippen LogP contribution in [0.4, 0.5) is 0 Å². The number of rotatable bonds is 6. The lowest BCUT2D eigenvalue weighted by Crippen LogP contribution is -2.28. The van der Waals surface area contributed by atoms with E-state index in [0.29, 0.717) is 17.5 Å². The third kappa shape index (κ3) is 5.39. The second kappa shape index (κ2) is 14.3. The quantitative estimate of drug-likeness (QED) is 0.168. The van der Waals surface area contributed by atoms with Crippen LogP contribution in [-0.2, 0) is 5.41 Å². The maximum atomic E-state index is 6.62. The van der Waals surface area contributed by atoms with E-state index in [0.717, 1.165) is 55.0 Å². The molecule has 0 saturated heterocycles. The van der Waals surface area contributed by atoms with Crippen LogP contribution < -0.4 is 0 Å². The molecule has 13 rings (SSSR count). The van der Waals surface area contributed by atoms with Crippen molar-refractivity contribution in [3.8, 4) is 56.4 Å². The summed E-state index contributed by atoms with van der Waals surface area (Å²) in [4.78, 5) is 16.2. The van der Waals surface area contributed by atoms with E-state index in [1.807, 2.05) is 18.2 Å². The Bertz CT molecular complexity index is 3750. The minimum absolute atomic E-state index is 0.549. The Hall–Kier alpha value is -8.47. The van der Waals surface area contributed by atoms with Gasteiger partial charge >= 0.3 is 0 Å². The van der Waals surface area contributed by atoms with Crippen LogP contribution in [0.3, 0.4) is 0 Å². The van der Waals surface area contributed by atoms with Gasteiger partial charge in [0.15, 0.2) is 17.5 Å². The first-order chi connectivity index (χ1) is 31.7. The van der Waals surface area contributed by atoms with Gasteiger partial charge in [0.05, 0.1) is 11.0 Å². The van der Waals surface area contributed by atoms with Gasteiger partial charge in [0.2, 0.25) is 0 Å². The van der Waals surface area contributed by atoms with E-state index in [1.165, 1.54) is 49.7 Å². The molecule has 298 valence electrons. The minimum Gasteiger partial charge on any atom is -0.455 e. The van der Waals surface area contributed by atoms with Gasteiger partial charge in [-0.25, -0.2) is 15.0 Å². The van der Waals surface area contributed by atoms with E-state index < -0.39 is 5.41 Å². The van der Waals surface area contributed by atoms with Gasteiger partial charge in [0.25, 0.3) is 0 Å². The zero-order chi connectivity index (χ0) is 42.2. The lowest BCUT2D eigenvalue weighted by atomic mass is 9.67. The standard InChI is InChI=1S/C60H37N3O/c1-3-19-40(20-4-1)60(41-21-5-2-6-22-41)53-31-13-11-26-47(53)48-34-33-39(37-54(48)60)57-61-58(63-59(62-57)52-30-16-29-50-49-27-12-14-32-55(49)64-56(50)52)51-36-35-46(44-24-9-10-25-45(44)51)43-28-15-18-38-17-7-8-23-42(38)43/h1-37H. The van der Waals surface area contributed by atoms with E-state index >= 15 is 0 Å². The van der Waals surface area contributed by atoms with Crippen molar-refractivity contribution in [1.82, 2.24) is 15.0 Å². The van der Waals surface area contributed by atoms with Crippen LogP contribution in [0, 0.1) is 0 Å². The van der Waals surface area contributed by atoms with Crippen LogP contribution in [0.2, 0.25) is 0 Å². The molecular formula is C60H37N3O. The SMILES string of the molecule is c1ccc(C2(c3ccccc3)c3ccccc3-c3ccc(-c4nc(-c5ccc(-c6cccc7ccccc67)c6ccccc56)nc(-c5cccc6c5oc5ccccc56)n4)cc32)cc1. The Morgan fingerprint density at radius 1 is 0.312 bits per heavy atom. The predicted octanol–water partition coefficient (Wildman–Crippen LogP) is 15.1. The smallest absolute Gasteiger partial charge is 0.167 e. The highest BCUT2D eigenvalue weighted by atomic mass is 16.3. The second-order valence-corrected chi connectivity index (χ2v) is 16.6. The maximum absolute atomic E-state index is 6.62.